The van der Waals surface area contributed by atoms with E-state index in [4.69, 9.17) is 14.3 Å². The Bertz CT molecular complexity index is 396. The van der Waals surface area contributed by atoms with Crippen molar-refractivity contribution < 1.29 is 19.1 Å². The van der Waals surface area contributed by atoms with Crippen molar-refractivity contribution >= 4 is 5.97 Å². The molecule has 0 saturated carbocycles. The highest BCUT2D eigenvalue weighted by Crippen LogP contribution is 2.16. The molecule has 5 heteroatoms. The zero-order chi connectivity index (χ0) is 13.5. The number of ether oxygens (including phenoxy) is 2. The number of carbonyl (C=O) groups is 1. The van der Waals surface area contributed by atoms with Crippen LogP contribution >= 0.6 is 0 Å². The van der Waals surface area contributed by atoms with Crippen molar-refractivity contribution in [3.8, 4) is 5.75 Å². The van der Waals surface area contributed by atoms with Gasteiger partial charge in [0.1, 0.15) is 11.8 Å². The molecule has 1 aliphatic heterocycles. The van der Waals surface area contributed by atoms with Crippen LogP contribution in [0.3, 0.4) is 0 Å². The normalized spacial score (nSPS) is 22.2. The van der Waals surface area contributed by atoms with Crippen molar-refractivity contribution in [2.45, 2.75) is 31.9 Å². The molecule has 1 saturated heterocycles. The lowest BCUT2D eigenvalue weighted by Gasteiger charge is -2.09. The minimum absolute atomic E-state index is 0.0156. The highest BCUT2D eigenvalue weighted by Gasteiger charge is 2.31. The molecule has 1 N–H and O–H groups in total. The third kappa shape index (κ3) is 4.22. The number of carbonyl (C=O) groups excluding carboxylic acids is 1. The van der Waals surface area contributed by atoms with Gasteiger partial charge in [0.2, 0.25) is 0 Å². The Morgan fingerprint density at radius 2 is 2.21 bits per heavy atom. The predicted molar refractivity (Wildman–Crippen MR) is 69.6 cm³/mol. The van der Waals surface area contributed by atoms with E-state index in [1.807, 2.05) is 30.3 Å². The third-order valence-corrected chi connectivity index (χ3v) is 2.90. The van der Waals surface area contributed by atoms with Gasteiger partial charge in [-0.05, 0) is 19.1 Å². The molecule has 1 heterocycles. The van der Waals surface area contributed by atoms with Gasteiger partial charge >= 0.3 is 5.97 Å². The molecular weight excluding hydrogens is 246 g/mol. The van der Waals surface area contributed by atoms with Crippen LogP contribution in [0.2, 0.25) is 0 Å². The van der Waals surface area contributed by atoms with Crippen LogP contribution in [0.15, 0.2) is 30.3 Å². The summed E-state index contributed by atoms with van der Waals surface area (Å²) in [6.07, 6.45) is 1.34. The van der Waals surface area contributed by atoms with Crippen LogP contribution in [0, 0.1) is 0 Å². The molecule has 1 fully saturated rings. The largest absolute Gasteiger partial charge is 0.493 e. The lowest BCUT2D eigenvalue weighted by Crippen LogP contribution is -2.31. The molecule has 2 unspecified atom stereocenters. The van der Waals surface area contributed by atoms with Crippen LogP contribution < -0.4 is 10.2 Å². The Kier molecular flexibility index (Phi) is 5.18. The van der Waals surface area contributed by atoms with E-state index in [-0.39, 0.29) is 18.1 Å². The zero-order valence-corrected chi connectivity index (χ0v) is 11.0. The van der Waals surface area contributed by atoms with E-state index in [0.29, 0.717) is 19.6 Å². The Morgan fingerprint density at radius 1 is 1.42 bits per heavy atom. The van der Waals surface area contributed by atoms with Crippen molar-refractivity contribution in [2.24, 2.45) is 0 Å². The molecule has 0 aliphatic carbocycles. The van der Waals surface area contributed by atoms with Crippen LogP contribution in [0.4, 0.5) is 0 Å². The monoisotopic (exact) mass is 265 g/mol. The van der Waals surface area contributed by atoms with Gasteiger partial charge < -0.3 is 9.47 Å². The minimum Gasteiger partial charge on any atom is -0.493 e. The Hall–Kier alpha value is -1.59. The minimum atomic E-state index is -0.360. The summed E-state index contributed by atoms with van der Waals surface area (Å²) in [7, 11) is 0. The number of benzene rings is 1. The van der Waals surface area contributed by atoms with Crippen LogP contribution in [0.5, 0.6) is 5.75 Å². The molecule has 5 nitrogen and oxygen atoms in total. The fourth-order valence-electron chi connectivity index (χ4n) is 1.93. The summed E-state index contributed by atoms with van der Waals surface area (Å²) in [4.78, 5) is 16.8. The van der Waals surface area contributed by atoms with Gasteiger partial charge in [-0.25, -0.2) is 0 Å². The zero-order valence-electron chi connectivity index (χ0n) is 11.0. The van der Waals surface area contributed by atoms with Gasteiger partial charge in [-0.2, -0.15) is 5.48 Å². The molecule has 1 aromatic carbocycles. The first-order valence-electron chi connectivity index (χ1n) is 6.55. The molecule has 0 spiro atoms. The second kappa shape index (κ2) is 7.11. The van der Waals surface area contributed by atoms with E-state index >= 15 is 0 Å². The van der Waals surface area contributed by atoms with E-state index in [0.717, 1.165) is 12.2 Å². The van der Waals surface area contributed by atoms with Gasteiger partial charge in [0, 0.05) is 12.8 Å². The van der Waals surface area contributed by atoms with Crippen LogP contribution in [0.1, 0.15) is 19.8 Å². The van der Waals surface area contributed by atoms with Gasteiger partial charge in [0.25, 0.3) is 0 Å². The van der Waals surface area contributed by atoms with Gasteiger partial charge in [-0.3, -0.25) is 9.63 Å². The molecule has 0 amide bonds. The average Bonchev–Trinajstić information content (AvgIpc) is 2.89. The first-order valence-corrected chi connectivity index (χ1v) is 6.55. The summed E-state index contributed by atoms with van der Waals surface area (Å²) in [6, 6.07) is 9.27. The molecule has 2 rings (SSSR count). The number of hydroxylamine groups is 1. The predicted octanol–water partition coefficient (Wildman–Crippen LogP) is 1.68. The van der Waals surface area contributed by atoms with Crippen molar-refractivity contribution in [3.63, 3.8) is 0 Å². The number of rotatable bonds is 6. The molecule has 0 aromatic heterocycles. The first-order chi connectivity index (χ1) is 9.29. The summed E-state index contributed by atoms with van der Waals surface area (Å²) in [6.45, 7) is 2.74. The van der Waals surface area contributed by atoms with Crippen LogP contribution in [-0.4, -0.2) is 31.3 Å². The lowest BCUT2D eigenvalue weighted by atomic mass is 10.1. The fraction of sp³-hybridized carbons (Fsp3) is 0.500. The summed E-state index contributed by atoms with van der Waals surface area (Å²) < 4.78 is 10.5. The number of hydrogen-bond donors (Lipinski definition) is 1. The molecule has 104 valence electrons. The van der Waals surface area contributed by atoms with E-state index in [1.54, 1.807) is 6.92 Å². The average molecular weight is 265 g/mol. The van der Waals surface area contributed by atoms with Crippen molar-refractivity contribution in [2.75, 3.05) is 13.2 Å². The quantitative estimate of drug-likeness (QED) is 0.793. The topological polar surface area (TPSA) is 56.8 Å². The third-order valence-electron chi connectivity index (χ3n) is 2.90. The second-order valence-corrected chi connectivity index (χ2v) is 4.35. The van der Waals surface area contributed by atoms with Crippen LogP contribution in [0.25, 0.3) is 0 Å². The lowest BCUT2D eigenvalue weighted by molar-refractivity contribution is -0.146. The summed E-state index contributed by atoms with van der Waals surface area (Å²) in [5.41, 5.74) is 2.71. The van der Waals surface area contributed by atoms with E-state index in [2.05, 4.69) is 5.48 Å². The number of esters is 1. The van der Waals surface area contributed by atoms with E-state index in [1.165, 1.54) is 0 Å². The Balaban J connectivity index is 1.67. The first kappa shape index (κ1) is 13.8. The van der Waals surface area contributed by atoms with Crippen LogP contribution in [-0.2, 0) is 14.4 Å². The van der Waals surface area contributed by atoms with Gasteiger partial charge in [0.15, 0.2) is 0 Å². The molecular formula is C14H19NO4. The standard InChI is InChI=1S/C14H19NO4/c1-2-17-14(16)13-10-12(19-15-13)8-9-18-11-6-4-3-5-7-11/h3-7,12-13,15H,2,8-10H2,1H3. The number of nitrogens with one attached hydrogen (secondary N) is 1. The van der Waals surface area contributed by atoms with Gasteiger partial charge in [0.05, 0.1) is 19.3 Å². The maximum Gasteiger partial charge on any atom is 0.325 e. The highest BCUT2D eigenvalue weighted by molar-refractivity contribution is 5.75. The molecule has 1 aromatic rings. The molecule has 19 heavy (non-hydrogen) atoms. The maximum atomic E-state index is 11.5. The van der Waals surface area contributed by atoms with Crippen molar-refractivity contribution in [1.29, 1.82) is 0 Å². The van der Waals surface area contributed by atoms with Gasteiger partial charge in [-0.1, -0.05) is 18.2 Å². The Morgan fingerprint density at radius 3 is 2.95 bits per heavy atom. The molecule has 2 atom stereocenters. The Labute approximate surface area is 112 Å². The van der Waals surface area contributed by atoms with Crippen molar-refractivity contribution in [1.82, 2.24) is 5.48 Å². The summed E-state index contributed by atoms with van der Waals surface area (Å²) in [5, 5.41) is 0. The number of hydrogen-bond acceptors (Lipinski definition) is 5. The summed E-state index contributed by atoms with van der Waals surface area (Å²) in [5.74, 6) is 0.587. The number of para-hydroxylation sites is 1. The summed E-state index contributed by atoms with van der Waals surface area (Å²) >= 11 is 0. The highest BCUT2D eigenvalue weighted by atomic mass is 16.7. The van der Waals surface area contributed by atoms with E-state index in [9.17, 15) is 4.79 Å². The fourth-order valence-corrected chi connectivity index (χ4v) is 1.93. The maximum absolute atomic E-state index is 11.5. The van der Waals surface area contributed by atoms with E-state index < -0.39 is 0 Å². The second-order valence-electron chi connectivity index (χ2n) is 4.35. The van der Waals surface area contributed by atoms with Gasteiger partial charge in [-0.15, -0.1) is 0 Å². The van der Waals surface area contributed by atoms with Crippen molar-refractivity contribution in [3.05, 3.63) is 30.3 Å². The SMILES string of the molecule is CCOC(=O)C1CC(CCOc2ccccc2)ON1. The smallest absolute Gasteiger partial charge is 0.325 e. The molecule has 1 aliphatic rings. The molecule has 0 bridgehead atoms. The molecule has 0 radical (unpaired) electrons.